The largest absolute Gasteiger partial charge is 0.383 e. The molecule has 7 nitrogen and oxygen atoms in total. The van der Waals surface area contributed by atoms with Crippen LogP contribution in [-0.2, 0) is 0 Å². The Morgan fingerprint density at radius 3 is 2.46 bits per heavy atom. The molecule has 0 saturated carbocycles. The third kappa shape index (κ3) is 5.05. The minimum absolute atomic E-state index is 0.204. The zero-order chi connectivity index (χ0) is 24.0. The number of nitrogens with zero attached hydrogens (tertiary/aromatic N) is 2. The Morgan fingerprint density at radius 1 is 0.914 bits per heavy atom. The minimum Gasteiger partial charge on any atom is -0.383 e. The molecule has 35 heavy (non-hydrogen) atoms. The summed E-state index contributed by atoms with van der Waals surface area (Å²) < 4.78 is 0. The lowest BCUT2D eigenvalue weighted by atomic mass is 9.99. The van der Waals surface area contributed by atoms with Gasteiger partial charge in [0.25, 0.3) is 5.91 Å². The van der Waals surface area contributed by atoms with E-state index in [4.69, 9.17) is 5.73 Å². The molecule has 174 valence electrons. The van der Waals surface area contributed by atoms with Crippen molar-refractivity contribution < 1.29 is 4.79 Å². The van der Waals surface area contributed by atoms with Crippen LogP contribution in [-0.4, -0.2) is 34.2 Å². The number of anilines is 2. The van der Waals surface area contributed by atoms with E-state index in [2.05, 4.69) is 44.0 Å². The highest BCUT2D eigenvalue weighted by Gasteiger charge is 2.13. The summed E-state index contributed by atoms with van der Waals surface area (Å²) in [6, 6.07) is 27.4. The molecule has 0 aliphatic heterocycles. The summed E-state index contributed by atoms with van der Waals surface area (Å²) in [6.45, 7) is 1.26. The average Bonchev–Trinajstić information content (AvgIpc) is 3.32. The van der Waals surface area contributed by atoms with Crippen molar-refractivity contribution in [1.29, 1.82) is 0 Å². The van der Waals surface area contributed by atoms with Gasteiger partial charge in [0.05, 0.1) is 11.2 Å². The quantitative estimate of drug-likeness (QED) is 0.259. The Kier molecular flexibility index (Phi) is 6.50. The van der Waals surface area contributed by atoms with Gasteiger partial charge in [0.1, 0.15) is 0 Å². The molecule has 1 amide bonds. The molecule has 0 aliphatic carbocycles. The number of fused-ring (bicyclic) bond motifs is 1. The van der Waals surface area contributed by atoms with E-state index >= 15 is 0 Å². The minimum atomic E-state index is -0.204. The third-order valence-corrected chi connectivity index (χ3v) is 6.01. The second kappa shape index (κ2) is 10.2. The van der Waals surface area contributed by atoms with Crippen molar-refractivity contribution in [1.82, 2.24) is 15.2 Å². The Morgan fingerprint density at radius 2 is 1.69 bits per heavy atom. The maximum atomic E-state index is 12.6. The van der Waals surface area contributed by atoms with Gasteiger partial charge >= 0.3 is 0 Å². The molecule has 7 heteroatoms. The van der Waals surface area contributed by atoms with E-state index in [1.807, 2.05) is 67.0 Å². The van der Waals surface area contributed by atoms with Gasteiger partial charge in [0.15, 0.2) is 5.82 Å². The molecule has 2 aromatic heterocycles. The number of nitrogens with two attached hydrogens (primary N) is 1. The van der Waals surface area contributed by atoms with Gasteiger partial charge < -0.3 is 16.4 Å². The molecule has 1 atom stereocenters. The molecule has 5 aromatic rings. The second-order valence-corrected chi connectivity index (χ2v) is 8.34. The number of hydrogen-bond acceptors (Lipinski definition) is 5. The third-order valence-electron chi connectivity index (χ3n) is 6.01. The van der Waals surface area contributed by atoms with Crippen molar-refractivity contribution in [2.24, 2.45) is 5.73 Å². The lowest BCUT2D eigenvalue weighted by Gasteiger charge is -2.17. The maximum absolute atomic E-state index is 12.6. The summed E-state index contributed by atoms with van der Waals surface area (Å²) in [5.74, 6) is 0.495. The van der Waals surface area contributed by atoms with Crippen molar-refractivity contribution in [2.45, 2.75) is 5.92 Å². The normalized spacial score (nSPS) is 11.8. The van der Waals surface area contributed by atoms with Gasteiger partial charge in [0, 0.05) is 47.9 Å². The van der Waals surface area contributed by atoms with Crippen LogP contribution in [0.25, 0.3) is 22.0 Å². The van der Waals surface area contributed by atoms with Crippen molar-refractivity contribution >= 4 is 28.3 Å². The van der Waals surface area contributed by atoms with Crippen molar-refractivity contribution in [3.05, 3.63) is 108 Å². The molecule has 0 aliphatic rings. The molecule has 3 aromatic carbocycles. The van der Waals surface area contributed by atoms with Crippen LogP contribution >= 0.6 is 0 Å². The SMILES string of the molecule is NC[C@@H](CNc1cncc(-c2ccc3[nH]nc(NC(=O)c4ccccc4)c3c2)c1)c1ccccc1. The number of aromatic amines is 1. The van der Waals surface area contributed by atoms with Crippen LogP contribution in [0.15, 0.2) is 97.3 Å². The number of pyridine rings is 1. The van der Waals surface area contributed by atoms with Crippen molar-refractivity contribution in [3.8, 4) is 11.1 Å². The van der Waals surface area contributed by atoms with Gasteiger partial charge in [-0.15, -0.1) is 0 Å². The van der Waals surface area contributed by atoms with Gasteiger partial charge in [-0.1, -0.05) is 54.6 Å². The number of hydrogen-bond donors (Lipinski definition) is 4. The molecule has 0 bridgehead atoms. The summed E-state index contributed by atoms with van der Waals surface area (Å²) >= 11 is 0. The number of rotatable bonds is 8. The smallest absolute Gasteiger partial charge is 0.256 e. The summed E-state index contributed by atoms with van der Waals surface area (Å²) in [4.78, 5) is 17.0. The fraction of sp³-hybridized carbons (Fsp3) is 0.107. The van der Waals surface area contributed by atoms with Crippen molar-refractivity contribution in [2.75, 3.05) is 23.7 Å². The first-order chi connectivity index (χ1) is 17.2. The van der Waals surface area contributed by atoms with E-state index in [0.717, 1.165) is 27.7 Å². The first-order valence-electron chi connectivity index (χ1n) is 11.5. The van der Waals surface area contributed by atoms with Crippen LogP contribution in [0.2, 0.25) is 0 Å². The van der Waals surface area contributed by atoms with Crippen LogP contribution in [0.5, 0.6) is 0 Å². The van der Waals surface area contributed by atoms with Gasteiger partial charge in [-0.25, -0.2) is 0 Å². The zero-order valence-corrected chi connectivity index (χ0v) is 19.1. The van der Waals surface area contributed by atoms with E-state index in [0.29, 0.717) is 24.5 Å². The highest BCUT2D eigenvalue weighted by Crippen LogP contribution is 2.29. The predicted molar refractivity (Wildman–Crippen MR) is 140 cm³/mol. The summed E-state index contributed by atoms with van der Waals surface area (Å²) in [5.41, 5.74) is 11.5. The zero-order valence-electron chi connectivity index (χ0n) is 19.1. The van der Waals surface area contributed by atoms with Gasteiger partial charge in [-0.3, -0.25) is 14.9 Å². The van der Waals surface area contributed by atoms with E-state index in [-0.39, 0.29) is 11.8 Å². The first-order valence-corrected chi connectivity index (χ1v) is 11.5. The molecular formula is C28H26N6O. The van der Waals surface area contributed by atoms with Gasteiger partial charge in [-0.05, 0) is 41.5 Å². The lowest BCUT2D eigenvalue weighted by Crippen LogP contribution is -2.21. The Hall–Kier alpha value is -4.49. The van der Waals surface area contributed by atoms with E-state index in [1.54, 1.807) is 12.1 Å². The molecule has 0 spiro atoms. The number of carbonyl (C=O) groups excluding carboxylic acids is 1. The molecule has 2 heterocycles. The van der Waals surface area contributed by atoms with E-state index < -0.39 is 0 Å². The van der Waals surface area contributed by atoms with Crippen molar-refractivity contribution in [3.63, 3.8) is 0 Å². The molecule has 0 unspecified atom stereocenters. The molecule has 0 radical (unpaired) electrons. The number of aromatic nitrogens is 3. The molecule has 0 fully saturated rings. The summed E-state index contributed by atoms with van der Waals surface area (Å²) in [6.07, 6.45) is 3.64. The highest BCUT2D eigenvalue weighted by atomic mass is 16.1. The van der Waals surface area contributed by atoms with Gasteiger partial charge in [-0.2, -0.15) is 5.10 Å². The van der Waals surface area contributed by atoms with Crippen LogP contribution in [0, 0.1) is 0 Å². The van der Waals surface area contributed by atoms with Gasteiger partial charge in [0.2, 0.25) is 0 Å². The monoisotopic (exact) mass is 462 g/mol. The molecule has 5 N–H and O–H groups in total. The van der Waals surface area contributed by atoms with Crippen LogP contribution in [0.4, 0.5) is 11.5 Å². The Balaban J connectivity index is 1.35. The molecule has 0 saturated heterocycles. The number of nitrogens with one attached hydrogen (secondary N) is 3. The van der Waals surface area contributed by atoms with E-state index in [1.165, 1.54) is 5.56 Å². The summed E-state index contributed by atoms with van der Waals surface area (Å²) in [5, 5.41) is 14.5. The first kappa shape index (κ1) is 22.3. The number of benzene rings is 3. The lowest BCUT2D eigenvalue weighted by molar-refractivity contribution is 0.102. The Bertz CT molecular complexity index is 1430. The number of amides is 1. The fourth-order valence-electron chi connectivity index (χ4n) is 4.06. The molecule has 5 rings (SSSR count). The predicted octanol–water partition coefficient (Wildman–Crippen LogP) is 5.03. The highest BCUT2D eigenvalue weighted by molar-refractivity contribution is 6.08. The average molecular weight is 463 g/mol. The van der Waals surface area contributed by atoms with Crippen LogP contribution in [0.1, 0.15) is 21.8 Å². The second-order valence-electron chi connectivity index (χ2n) is 8.34. The number of carbonyl (C=O) groups is 1. The maximum Gasteiger partial charge on any atom is 0.256 e. The molecular weight excluding hydrogens is 436 g/mol. The fourth-order valence-corrected chi connectivity index (χ4v) is 4.06. The van der Waals surface area contributed by atoms with E-state index in [9.17, 15) is 4.79 Å². The Labute approximate surface area is 203 Å². The summed E-state index contributed by atoms with van der Waals surface area (Å²) in [7, 11) is 0. The standard InChI is InChI=1S/C28H26N6O/c29-15-23(19-7-3-1-4-8-19)17-31-24-13-22(16-30-18-24)21-11-12-26-25(14-21)27(34-33-26)32-28(35)20-9-5-2-6-10-20/h1-14,16,18,23,31H,15,17,29H2,(H2,32,33,34,35)/t23-/m0/s1. The van der Waals surface area contributed by atoms with Crippen LogP contribution in [0.3, 0.4) is 0 Å². The van der Waals surface area contributed by atoms with Crippen LogP contribution < -0.4 is 16.4 Å². The number of H-pyrrole nitrogens is 1. The topological polar surface area (TPSA) is 109 Å².